The Kier molecular flexibility index (Phi) is 22.4. The normalized spacial score (nSPS) is 14.3. The van der Waals surface area contributed by atoms with E-state index in [1.165, 1.54) is 21.7 Å². The zero-order valence-electron chi connectivity index (χ0n) is 37.3. The number of carboxylic acid groups (broad SMARTS) is 1. The topological polar surface area (TPSA) is 149 Å². The Morgan fingerprint density at radius 3 is 2.31 bits per heavy atom. The van der Waals surface area contributed by atoms with E-state index in [2.05, 4.69) is 43.7 Å². The lowest BCUT2D eigenvalue weighted by molar-refractivity contribution is -0.123. The quantitative estimate of drug-likeness (QED) is 0.0526. The molecule has 6 rings (SSSR count). The van der Waals surface area contributed by atoms with Crippen molar-refractivity contribution in [3.63, 3.8) is 0 Å². The maximum atomic E-state index is 15.0. The third kappa shape index (κ3) is 17.7. The number of nitrogens with zero attached hydrogens (tertiary/aromatic N) is 4. The van der Waals surface area contributed by atoms with Gasteiger partial charge in [0.1, 0.15) is 18.2 Å². The van der Waals surface area contributed by atoms with Gasteiger partial charge in [-0.15, -0.1) is 0 Å². The Labute approximate surface area is 378 Å². The van der Waals surface area contributed by atoms with E-state index in [1.807, 2.05) is 72.3 Å². The molecule has 16 heteroatoms. The molecule has 0 unspecified atom stereocenters. The minimum Gasteiger partial charge on any atom is -0.478 e. The monoisotopic (exact) mass is 980 g/mol. The maximum Gasteiger partial charge on any atom is 0.335 e. The minimum absolute atomic E-state index is 0.00303. The van der Waals surface area contributed by atoms with Crippen molar-refractivity contribution in [1.82, 2.24) is 24.8 Å². The van der Waals surface area contributed by atoms with Crippen LogP contribution in [-0.4, -0.2) is 94.1 Å². The van der Waals surface area contributed by atoms with E-state index in [9.17, 15) is 14.7 Å². The van der Waals surface area contributed by atoms with Gasteiger partial charge in [0.15, 0.2) is 0 Å². The van der Waals surface area contributed by atoms with Gasteiger partial charge in [-0.2, -0.15) is 0 Å². The van der Waals surface area contributed by atoms with Gasteiger partial charge < -0.3 is 38.7 Å². The summed E-state index contributed by atoms with van der Waals surface area (Å²) < 4.78 is 38.5. The summed E-state index contributed by atoms with van der Waals surface area (Å²) in [6.07, 6.45) is 4.35. The first kappa shape index (κ1) is 52.0. The average Bonchev–Trinajstić information content (AvgIpc) is 3.53. The molecule has 0 bridgehead atoms. The molecule has 1 amide bonds. The molecule has 0 spiro atoms. The summed E-state index contributed by atoms with van der Waals surface area (Å²) in [4.78, 5) is 35.9. The summed E-state index contributed by atoms with van der Waals surface area (Å²) in [6.45, 7) is 19.6. The predicted octanol–water partition coefficient (Wildman–Crippen LogP) is 9.73. The second-order valence-electron chi connectivity index (χ2n) is 15.9. The number of aryl methyl sites for hydroxylation is 1. The summed E-state index contributed by atoms with van der Waals surface area (Å²) in [5.41, 5.74) is 2.60. The number of halogens is 2. The number of aromatic carboxylic acids is 1. The number of piperidine rings is 1. The lowest BCUT2D eigenvalue weighted by Gasteiger charge is -2.31. The van der Waals surface area contributed by atoms with Gasteiger partial charge in [0.2, 0.25) is 11.8 Å². The summed E-state index contributed by atoms with van der Waals surface area (Å²) in [7, 11) is 5.18. The fourth-order valence-corrected chi connectivity index (χ4v) is 6.85. The van der Waals surface area contributed by atoms with Crippen molar-refractivity contribution >= 4 is 59.0 Å². The van der Waals surface area contributed by atoms with Crippen LogP contribution in [0.25, 0.3) is 11.0 Å². The molecule has 0 radical (unpaired) electrons. The number of carbonyl (C=O) groups is 2. The van der Waals surface area contributed by atoms with Crippen LogP contribution in [0.5, 0.6) is 5.88 Å². The summed E-state index contributed by atoms with van der Waals surface area (Å²) in [5.74, 6) is -0.0980. The molecule has 2 aliphatic heterocycles. The lowest BCUT2D eigenvalue weighted by Crippen LogP contribution is -2.44. The van der Waals surface area contributed by atoms with Crippen LogP contribution in [0.1, 0.15) is 114 Å². The Morgan fingerprint density at radius 2 is 1.74 bits per heavy atom. The van der Waals surface area contributed by atoms with Crippen LogP contribution in [0.4, 0.5) is 10.1 Å². The number of ether oxygens (including phenoxy) is 3. The summed E-state index contributed by atoms with van der Waals surface area (Å²) in [5, 5.41) is 15.3. The lowest BCUT2D eigenvalue weighted by atomic mass is 9.93. The molecule has 2 aliphatic rings. The van der Waals surface area contributed by atoms with Gasteiger partial charge in [-0.1, -0.05) is 32.9 Å². The van der Waals surface area contributed by atoms with Crippen molar-refractivity contribution in [2.45, 2.75) is 111 Å². The average molecular weight is 981 g/mol. The van der Waals surface area contributed by atoms with Gasteiger partial charge in [-0.3, -0.25) is 9.69 Å². The van der Waals surface area contributed by atoms with E-state index in [1.54, 1.807) is 36.4 Å². The molecule has 2 saturated heterocycles. The van der Waals surface area contributed by atoms with Crippen molar-refractivity contribution in [2.75, 3.05) is 51.9 Å². The maximum absolute atomic E-state index is 15.0. The SMILES string of the molecule is C1COC1.CC.CCCOSI.CNC(C)(C)COC(C)(C)CC(=O)Nc1ccc(COc2cccc(C3CCN(Cc4nc5ccc(C(=O)O)cc5n4C)CC3)n2)c(F)c1. The van der Waals surface area contributed by atoms with Gasteiger partial charge in [-0.05, 0) is 110 Å². The van der Waals surface area contributed by atoms with Crippen LogP contribution in [0.2, 0.25) is 0 Å². The zero-order valence-corrected chi connectivity index (χ0v) is 40.3. The van der Waals surface area contributed by atoms with Gasteiger partial charge in [0.25, 0.3) is 0 Å². The number of likely N-dealkylation sites (tertiary alicyclic amines) is 1. The molecule has 61 heavy (non-hydrogen) atoms. The highest BCUT2D eigenvalue weighted by molar-refractivity contribution is 14.2. The molecule has 2 aromatic carbocycles. The van der Waals surface area contributed by atoms with Crippen molar-refractivity contribution < 1.29 is 37.5 Å². The number of pyridine rings is 1. The third-order valence-corrected chi connectivity index (χ3v) is 11.1. The third-order valence-electron chi connectivity index (χ3n) is 10.0. The fraction of sp³-hybridized carbons (Fsp3) is 0.556. The summed E-state index contributed by atoms with van der Waals surface area (Å²) >= 11 is 2.11. The number of rotatable bonds is 17. The summed E-state index contributed by atoms with van der Waals surface area (Å²) in [6, 6.07) is 15.3. The first-order chi connectivity index (χ1) is 29.1. The first-order valence-corrected chi connectivity index (χ1v) is 24.3. The smallest absolute Gasteiger partial charge is 0.335 e. The van der Waals surface area contributed by atoms with Crippen molar-refractivity contribution in [3.05, 3.63) is 83.1 Å². The predicted molar refractivity (Wildman–Crippen MR) is 251 cm³/mol. The van der Waals surface area contributed by atoms with E-state index in [0.717, 1.165) is 74.7 Å². The van der Waals surface area contributed by atoms with Crippen LogP contribution >= 0.6 is 30.4 Å². The highest BCUT2D eigenvalue weighted by atomic mass is 127. The van der Waals surface area contributed by atoms with Crippen molar-refractivity contribution in [3.8, 4) is 5.88 Å². The van der Waals surface area contributed by atoms with Crippen LogP contribution in [0, 0.1) is 5.82 Å². The number of benzene rings is 2. The van der Waals surface area contributed by atoms with Gasteiger partial charge in [-0.25, -0.2) is 19.2 Å². The number of likely N-dealkylation sites (N-methyl/N-ethyl adjacent to an activating group) is 1. The number of imidazole rings is 1. The van der Waals surface area contributed by atoms with Crippen LogP contribution in [0.15, 0.2) is 54.6 Å². The van der Waals surface area contributed by atoms with E-state index < -0.39 is 17.4 Å². The molecule has 2 fully saturated rings. The van der Waals surface area contributed by atoms with Crippen molar-refractivity contribution in [1.29, 1.82) is 0 Å². The highest BCUT2D eigenvalue weighted by Crippen LogP contribution is 2.29. The molecule has 0 atom stereocenters. The molecule has 2 aromatic heterocycles. The molecule has 338 valence electrons. The van der Waals surface area contributed by atoms with E-state index in [4.69, 9.17) is 28.4 Å². The molecular weight excluding hydrogens is 914 g/mol. The molecule has 3 N–H and O–H groups in total. The number of hydrogen-bond donors (Lipinski definition) is 3. The highest BCUT2D eigenvalue weighted by Gasteiger charge is 2.27. The van der Waals surface area contributed by atoms with Crippen molar-refractivity contribution in [2.24, 2.45) is 7.05 Å². The van der Waals surface area contributed by atoms with E-state index in [0.29, 0.717) is 30.3 Å². The Bertz CT molecular complexity index is 1950. The second kappa shape index (κ2) is 26.3. The standard InChI is InChI=1S/C37H47FN6O5.C3H7IOS.C3H6O.C2H6/c1-36(2,39-5)23-49-37(3,4)20-33(45)40-27-12-10-26(28(38)19-27)22-48-34-9-7-8-29(42-34)24-14-16-44(17-15-24)21-32-41-30-13-11-25(35(46)47)18-31(30)43(32)6;1-2-3-5-6-4;1-2-4-3-1;1-2/h7-13,18-19,24,39H,14-17,20-23H2,1-6H3,(H,40,45)(H,46,47);2-3H2,1H3;1-3H2;1-2H3. The van der Waals surface area contributed by atoms with Gasteiger partial charge >= 0.3 is 5.97 Å². The molecular formula is C45H66FIN6O7S. The fourth-order valence-electron chi connectivity index (χ4n) is 6.08. The first-order valence-electron chi connectivity index (χ1n) is 21.0. The van der Waals surface area contributed by atoms with Gasteiger partial charge in [0.05, 0.1) is 57.6 Å². The number of amides is 1. The minimum atomic E-state index is -0.954. The number of fused-ring (bicyclic) bond motifs is 1. The number of aromatic nitrogens is 3. The number of carboxylic acids is 1. The van der Waals surface area contributed by atoms with E-state index in [-0.39, 0.29) is 36.0 Å². The van der Waals surface area contributed by atoms with Gasteiger partial charge in [0, 0.05) is 75.9 Å². The number of carbonyl (C=O) groups excluding carboxylic acids is 1. The molecule has 0 saturated carbocycles. The van der Waals surface area contributed by atoms with Crippen LogP contribution < -0.4 is 15.4 Å². The Hall–Kier alpha value is -3.39. The number of anilines is 1. The Balaban J connectivity index is 0.000000724. The molecule has 4 aromatic rings. The van der Waals surface area contributed by atoms with Crippen LogP contribution in [0.3, 0.4) is 0 Å². The largest absolute Gasteiger partial charge is 0.478 e. The zero-order chi connectivity index (χ0) is 45.0. The molecule has 4 heterocycles. The van der Waals surface area contributed by atoms with E-state index >= 15 is 4.39 Å². The molecule has 0 aliphatic carbocycles. The molecule has 13 nitrogen and oxygen atoms in total. The number of nitrogens with one attached hydrogen (secondary N) is 2. The second-order valence-corrected chi connectivity index (χ2v) is 17.3. The number of hydrogen-bond acceptors (Lipinski definition) is 11. The van der Waals surface area contributed by atoms with Crippen LogP contribution in [-0.2, 0) is 38.7 Å². The Morgan fingerprint density at radius 1 is 1.05 bits per heavy atom.